The molecule has 0 fully saturated rings. The van der Waals surface area contributed by atoms with Crippen molar-refractivity contribution < 1.29 is 4.39 Å². The molecule has 0 saturated heterocycles. The van der Waals surface area contributed by atoms with Gasteiger partial charge in [-0.15, -0.1) is 0 Å². The van der Waals surface area contributed by atoms with Gasteiger partial charge in [0.2, 0.25) is 0 Å². The molecule has 0 aromatic carbocycles. The van der Waals surface area contributed by atoms with E-state index in [0.29, 0.717) is 0 Å². The Kier molecular flexibility index (Phi) is 1.51. The first-order valence-electron chi connectivity index (χ1n) is 2.16. The van der Waals surface area contributed by atoms with Gasteiger partial charge in [-0.2, -0.15) is 0 Å². The van der Waals surface area contributed by atoms with Gasteiger partial charge in [-0.25, -0.2) is 14.4 Å². The molecule has 0 spiro atoms. The van der Waals surface area contributed by atoms with Crippen molar-refractivity contribution in [3.05, 3.63) is 24.3 Å². The topological polar surface area (TPSA) is 25.8 Å². The Balaban J connectivity index is 2.83. The molecule has 0 aliphatic carbocycles. The highest BCUT2D eigenvalue weighted by molar-refractivity contribution is 4.83. The Morgan fingerprint density at radius 1 is 1.50 bits per heavy atom. The molecular formula is C5H4FN2. The second kappa shape index (κ2) is 2.35. The van der Waals surface area contributed by atoms with Crippen LogP contribution in [0.2, 0.25) is 0 Å². The lowest BCUT2D eigenvalue weighted by Crippen LogP contribution is -1.87. The van der Waals surface area contributed by atoms with Crippen molar-refractivity contribution in [3.63, 3.8) is 0 Å². The van der Waals surface area contributed by atoms with Gasteiger partial charge in [0, 0.05) is 18.5 Å². The maximum absolute atomic E-state index is 11.6. The Labute approximate surface area is 46.4 Å². The fourth-order valence-corrected chi connectivity index (χ4v) is 0.359. The van der Waals surface area contributed by atoms with E-state index in [-0.39, 0.29) is 5.82 Å². The minimum Gasteiger partial charge on any atom is -0.242 e. The van der Waals surface area contributed by atoms with Crippen LogP contribution in [0.4, 0.5) is 4.39 Å². The molecule has 8 heavy (non-hydrogen) atoms. The first-order chi connectivity index (χ1) is 3.93. The van der Waals surface area contributed by atoms with E-state index < -0.39 is 6.67 Å². The minimum atomic E-state index is -0.602. The van der Waals surface area contributed by atoms with Crippen molar-refractivity contribution in [3.8, 4) is 0 Å². The van der Waals surface area contributed by atoms with Crippen molar-refractivity contribution in [2.75, 3.05) is 0 Å². The molecule has 1 rings (SSSR count). The highest BCUT2D eigenvalue weighted by Crippen LogP contribution is 1.86. The van der Waals surface area contributed by atoms with Crippen molar-refractivity contribution in [2.24, 2.45) is 0 Å². The van der Waals surface area contributed by atoms with Gasteiger partial charge < -0.3 is 0 Å². The molecule has 2 nitrogen and oxygen atoms in total. The van der Waals surface area contributed by atoms with Crippen molar-refractivity contribution in [1.29, 1.82) is 0 Å². The SMILES string of the molecule is FCc1nc[c]cn1. The van der Waals surface area contributed by atoms with Crippen LogP contribution in [0.3, 0.4) is 0 Å². The fourth-order valence-electron chi connectivity index (χ4n) is 0.359. The van der Waals surface area contributed by atoms with Gasteiger partial charge in [0.1, 0.15) is 6.67 Å². The molecule has 0 amide bonds. The summed E-state index contributed by atoms with van der Waals surface area (Å²) in [7, 11) is 0. The molecule has 0 bridgehead atoms. The molecule has 1 aromatic heterocycles. The number of rotatable bonds is 1. The van der Waals surface area contributed by atoms with Crippen LogP contribution in [0.25, 0.3) is 0 Å². The van der Waals surface area contributed by atoms with E-state index in [9.17, 15) is 4.39 Å². The van der Waals surface area contributed by atoms with E-state index in [0.717, 1.165) is 0 Å². The average Bonchev–Trinajstić information content (AvgIpc) is 1.90. The molecular weight excluding hydrogens is 107 g/mol. The monoisotopic (exact) mass is 111 g/mol. The highest BCUT2D eigenvalue weighted by atomic mass is 19.1. The summed E-state index contributed by atoms with van der Waals surface area (Å²) in [5.74, 6) is 0.212. The van der Waals surface area contributed by atoms with Gasteiger partial charge in [-0.05, 0) is 0 Å². The lowest BCUT2D eigenvalue weighted by atomic mass is 10.6. The highest BCUT2D eigenvalue weighted by Gasteiger charge is 1.87. The van der Waals surface area contributed by atoms with Crippen LogP contribution in [0, 0.1) is 6.07 Å². The van der Waals surface area contributed by atoms with Crippen molar-refractivity contribution in [2.45, 2.75) is 6.67 Å². The third-order valence-corrected chi connectivity index (χ3v) is 0.696. The second-order valence-corrected chi connectivity index (χ2v) is 1.23. The van der Waals surface area contributed by atoms with Gasteiger partial charge in [-0.3, -0.25) is 0 Å². The quantitative estimate of drug-likeness (QED) is 0.534. The van der Waals surface area contributed by atoms with E-state index >= 15 is 0 Å². The first kappa shape index (κ1) is 5.15. The van der Waals surface area contributed by atoms with E-state index in [1.807, 2.05) is 0 Å². The maximum Gasteiger partial charge on any atom is 0.159 e. The fraction of sp³-hybridized carbons (Fsp3) is 0.200. The first-order valence-corrected chi connectivity index (χ1v) is 2.16. The smallest absolute Gasteiger partial charge is 0.159 e. The predicted octanol–water partition coefficient (Wildman–Crippen LogP) is 0.746. The molecule has 0 aliphatic heterocycles. The van der Waals surface area contributed by atoms with Crippen molar-refractivity contribution >= 4 is 0 Å². The second-order valence-electron chi connectivity index (χ2n) is 1.23. The molecule has 1 aromatic rings. The number of halogens is 1. The summed E-state index contributed by atoms with van der Waals surface area (Å²) in [6.07, 6.45) is 2.78. The lowest BCUT2D eigenvalue weighted by Gasteiger charge is -1.85. The van der Waals surface area contributed by atoms with Gasteiger partial charge in [0.25, 0.3) is 0 Å². The maximum atomic E-state index is 11.6. The summed E-state index contributed by atoms with van der Waals surface area (Å²) in [5, 5.41) is 0. The van der Waals surface area contributed by atoms with Crippen molar-refractivity contribution in [1.82, 2.24) is 9.97 Å². The molecule has 0 saturated carbocycles. The van der Waals surface area contributed by atoms with Gasteiger partial charge in [0.15, 0.2) is 5.82 Å². The van der Waals surface area contributed by atoms with E-state index in [4.69, 9.17) is 0 Å². The Hall–Kier alpha value is -0.990. The summed E-state index contributed by atoms with van der Waals surface area (Å²) >= 11 is 0. The number of hydrogen-bond acceptors (Lipinski definition) is 2. The lowest BCUT2D eigenvalue weighted by molar-refractivity contribution is 0.465. The summed E-state index contributed by atoms with van der Waals surface area (Å²) in [6, 6.07) is 2.58. The predicted molar refractivity (Wildman–Crippen MR) is 25.7 cm³/mol. The minimum absolute atomic E-state index is 0.212. The van der Waals surface area contributed by atoms with Crippen LogP contribution >= 0.6 is 0 Å². The molecule has 0 unspecified atom stereocenters. The molecule has 0 atom stereocenters. The molecule has 1 radical (unpaired) electrons. The third-order valence-electron chi connectivity index (χ3n) is 0.696. The van der Waals surface area contributed by atoms with Crippen LogP contribution in [-0.2, 0) is 6.67 Å². The average molecular weight is 111 g/mol. The van der Waals surface area contributed by atoms with E-state index in [1.165, 1.54) is 12.4 Å². The zero-order valence-electron chi connectivity index (χ0n) is 4.13. The summed E-state index contributed by atoms with van der Waals surface area (Å²) in [5.41, 5.74) is 0. The van der Waals surface area contributed by atoms with E-state index in [1.54, 1.807) is 0 Å². The summed E-state index contributed by atoms with van der Waals surface area (Å²) < 4.78 is 11.6. The molecule has 0 N–H and O–H groups in total. The third kappa shape index (κ3) is 0.992. The van der Waals surface area contributed by atoms with Crippen LogP contribution in [0.5, 0.6) is 0 Å². The van der Waals surface area contributed by atoms with Crippen LogP contribution in [0.1, 0.15) is 5.82 Å². The Morgan fingerprint density at radius 3 is 2.50 bits per heavy atom. The Morgan fingerprint density at radius 2 is 2.12 bits per heavy atom. The molecule has 1 heterocycles. The number of alkyl halides is 1. The normalized spacial score (nSPS) is 9.12. The van der Waals surface area contributed by atoms with Crippen LogP contribution in [-0.4, -0.2) is 9.97 Å². The summed E-state index contributed by atoms with van der Waals surface area (Å²) in [6.45, 7) is -0.602. The van der Waals surface area contributed by atoms with Crippen LogP contribution < -0.4 is 0 Å². The van der Waals surface area contributed by atoms with Gasteiger partial charge >= 0.3 is 0 Å². The largest absolute Gasteiger partial charge is 0.242 e. The molecule has 3 heteroatoms. The summed E-state index contributed by atoms with van der Waals surface area (Å²) in [4.78, 5) is 7.11. The number of hydrogen-bond donors (Lipinski definition) is 0. The van der Waals surface area contributed by atoms with Gasteiger partial charge in [0.05, 0.1) is 0 Å². The zero-order chi connectivity index (χ0) is 5.82. The standard InChI is InChI=1S/C5H4FN2/c6-4-5-7-2-1-3-8-5/h2-3H,4H2. The Bertz CT molecular complexity index is 152. The molecule has 0 aliphatic rings. The number of aromatic nitrogens is 2. The van der Waals surface area contributed by atoms with Gasteiger partial charge in [-0.1, -0.05) is 0 Å². The van der Waals surface area contributed by atoms with E-state index in [2.05, 4.69) is 16.0 Å². The zero-order valence-corrected chi connectivity index (χ0v) is 4.13. The molecule has 41 valence electrons. The van der Waals surface area contributed by atoms with Crippen LogP contribution in [0.15, 0.2) is 12.4 Å². The number of nitrogens with zero attached hydrogens (tertiary/aromatic N) is 2.